The second kappa shape index (κ2) is 14.1. The lowest BCUT2D eigenvalue weighted by molar-refractivity contribution is -0.136. The number of rotatable bonds is 11. The molecule has 0 bridgehead atoms. The standard InChI is InChI=1S/C29H39N7O4/c1-34-13-14-36(28(38)19-34)18-23-10-11-27(32-25(23)20-37)35(2)29(39)33-26-16-24(30-12-15-40-3)22(17-31-26)9-8-21-6-4-5-7-21/h10-11,16-17,20-21,29,39H,4-7,12-15,18-19H2,1-3H3,(H2,30,31,33). The van der Waals surface area contributed by atoms with Crippen LogP contribution < -0.4 is 15.5 Å². The highest BCUT2D eigenvalue weighted by Crippen LogP contribution is 2.25. The molecule has 1 aliphatic heterocycles. The number of hydrogen-bond donors (Lipinski definition) is 3. The molecule has 3 heterocycles. The fraction of sp³-hybridized carbons (Fsp3) is 0.517. The van der Waals surface area contributed by atoms with E-state index in [0.717, 1.165) is 30.6 Å². The quantitative estimate of drug-likeness (QED) is 0.166. The molecule has 40 heavy (non-hydrogen) atoms. The number of methoxy groups -OCH3 is 1. The Morgan fingerprint density at radius 2 is 2.10 bits per heavy atom. The van der Waals surface area contributed by atoms with E-state index < -0.39 is 6.35 Å². The van der Waals surface area contributed by atoms with Crippen LogP contribution in [0.1, 0.15) is 47.3 Å². The van der Waals surface area contributed by atoms with Crippen molar-refractivity contribution in [1.29, 1.82) is 0 Å². The Morgan fingerprint density at radius 1 is 1.30 bits per heavy atom. The molecular formula is C29H39N7O4. The molecule has 2 aromatic heterocycles. The molecule has 2 aliphatic rings. The molecule has 1 unspecified atom stereocenters. The average molecular weight is 550 g/mol. The van der Waals surface area contributed by atoms with E-state index in [2.05, 4.69) is 32.4 Å². The summed E-state index contributed by atoms with van der Waals surface area (Å²) in [6.45, 7) is 3.18. The van der Waals surface area contributed by atoms with Gasteiger partial charge in [0.25, 0.3) is 0 Å². The first kappa shape index (κ1) is 29.3. The molecule has 0 aromatic carbocycles. The van der Waals surface area contributed by atoms with Gasteiger partial charge in [0.1, 0.15) is 17.3 Å². The van der Waals surface area contributed by atoms with Crippen LogP contribution in [0.4, 0.5) is 17.3 Å². The van der Waals surface area contributed by atoms with E-state index in [1.54, 1.807) is 37.4 Å². The number of pyridine rings is 2. The van der Waals surface area contributed by atoms with E-state index in [1.165, 1.54) is 17.7 Å². The van der Waals surface area contributed by atoms with Crippen molar-refractivity contribution < 1.29 is 19.4 Å². The molecule has 0 spiro atoms. The highest BCUT2D eigenvalue weighted by molar-refractivity contribution is 5.80. The summed E-state index contributed by atoms with van der Waals surface area (Å²) in [7, 11) is 5.22. The van der Waals surface area contributed by atoms with Crippen LogP contribution in [-0.4, -0.2) is 97.4 Å². The van der Waals surface area contributed by atoms with Crippen LogP contribution in [-0.2, 0) is 16.1 Å². The second-order valence-electron chi connectivity index (χ2n) is 10.3. The van der Waals surface area contributed by atoms with Gasteiger partial charge in [-0.3, -0.25) is 14.5 Å². The molecule has 0 radical (unpaired) electrons. The number of likely N-dealkylation sites (N-methyl/N-ethyl adjacent to an activating group) is 1. The number of amides is 1. The lowest BCUT2D eigenvalue weighted by Crippen LogP contribution is -2.48. The number of ether oxygens (including phenoxy) is 1. The maximum absolute atomic E-state index is 12.4. The van der Waals surface area contributed by atoms with Gasteiger partial charge in [-0.25, -0.2) is 9.97 Å². The summed E-state index contributed by atoms with van der Waals surface area (Å²) in [5.74, 6) is 7.94. The number of aromatic nitrogens is 2. The summed E-state index contributed by atoms with van der Waals surface area (Å²) in [5.41, 5.74) is 2.49. The molecule has 11 heteroatoms. The van der Waals surface area contributed by atoms with Crippen LogP contribution in [0.15, 0.2) is 24.4 Å². The van der Waals surface area contributed by atoms with Crippen molar-refractivity contribution in [2.75, 3.05) is 69.5 Å². The summed E-state index contributed by atoms with van der Waals surface area (Å²) in [5, 5.41) is 17.2. The summed E-state index contributed by atoms with van der Waals surface area (Å²) < 4.78 is 5.17. The Hall–Kier alpha value is -3.72. The minimum absolute atomic E-state index is 0.0190. The van der Waals surface area contributed by atoms with Crippen molar-refractivity contribution in [3.8, 4) is 11.8 Å². The molecule has 214 valence electrons. The van der Waals surface area contributed by atoms with Gasteiger partial charge in [0.05, 0.1) is 24.4 Å². The van der Waals surface area contributed by atoms with E-state index in [0.29, 0.717) is 62.2 Å². The minimum atomic E-state index is -1.17. The van der Waals surface area contributed by atoms with Crippen LogP contribution in [0.5, 0.6) is 0 Å². The fourth-order valence-electron chi connectivity index (χ4n) is 4.80. The predicted molar refractivity (Wildman–Crippen MR) is 154 cm³/mol. The van der Waals surface area contributed by atoms with Crippen molar-refractivity contribution >= 4 is 29.5 Å². The Bertz CT molecular complexity index is 1240. The summed E-state index contributed by atoms with van der Waals surface area (Å²) in [4.78, 5) is 38.3. The third-order valence-electron chi connectivity index (χ3n) is 7.28. The highest BCUT2D eigenvalue weighted by atomic mass is 16.5. The Labute approximate surface area is 235 Å². The lowest BCUT2D eigenvalue weighted by Gasteiger charge is -2.32. The maximum Gasteiger partial charge on any atom is 0.237 e. The number of carbonyl (C=O) groups is 2. The first-order chi connectivity index (χ1) is 19.4. The Morgan fingerprint density at radius 3 is 2.83 bits per heavy atom. The van der Waals surface area contributed by atoms with E-state index in [4.69, 9.17) is 4.74 Å². The van der Waals surface area contributed by atoms with Crippen molar-refractivity contribution in [2.24, 2.45) is 5.92 Å². The first-order valence-electron chi connectivity index (χ1n) is 13.7. The molecule has 4 rings (SSSR count). The molecule has 1 amide bonds. The number of aliphatic hydroxyl groups is 1. The number of hydrogen-bond acceptors (Lipinski definition) is 10. The summed E-state index contributed by atoms with van der Waals surface area (Å²) >= 11 is 0. The largest absolute Gasteiger partial charge is 0.383 e. The van der Waals surface area contributed by atoms with E-state index in [9.17, 15) is 14.7 Å². The zero-order chi connectivity index (χ0) is 28.5. The molecule has 1 atom stereocenters. The van der Waals surface area contributed by atoms with Crippen LogP contribution >= 0.6 is 0 Å². The van der Waals surface area contributed by atoms with Gasteiger partial charge in [-0.2, -0.15) is 0 Å². The number of piperazine rings is 1. The van der Waals surface area contributed by atoms with Gasteiger partial charge in [-0.15, -0.1) is 0 Å². The number of aldehydes is 1. The topological polar surface area (TPSA) is 123 Å². The second-order valence-corrected chi connectivity index (χ2v) is 10.3. The highest BCUT2D eigenvalue weighted by Gasteiger charge is 2.23. The molecule has 2 fully saturated rings. The average Bonchev–Trinajstić information content (AvgIpc) is 3.48. The van der Waals surface area contributed by atoms with Crippen molar-refractivity contribution in [1.82, 2.24) is 19.8 Å². The van der Waals surface area contributed by atoms with Gasteiger partial charge < -0.3 is 30.3 Å². The molecule has 3 N–H and O–H groups in total. The molecule has 1 saturated carbocycles. The first-order valence-corrected chi connectivity index (χ1v) is 13.7. The van der Waals surface area contributed by atoms with E-state index in [-0.39, 0.29) is 11.6 Å². The van der Waals surface area contributed by atoms with Gasteiger partial charge in [-0.1, -0.05) is 30.7 Å². The summed E-state index contributed by atoms with van der Waals surface area (Å²) in [6, 6.07) is 5.31. The molecule has 1 aliphatic carbocycles. The van der Waals surface area contributed by atoms with Gasteiger partial charge in [-0.05, 0) is 26.0 Å². The smallest absolute Gasteiger partial charge is 0.237 e. The maximum atomic E-state index is 12.4. The number of nitrogens with one attached hydrogen (secondary N) is 2. The van der Waals surface area contributed by atoms with Gasteiger partial charge in [0.2, 0.25) is 12.3 Å². The van der Waals surface area contributed by atoms with Crippen LogP contribution in [0.25, 0.3) is 0 Å². The number of anilines is 3. The zero-order valence-corrected chi connectivity index (χ0v) is 23.5. The zero-order valence-electron chi connectivity index (χ0n) is 23.5. The normalized spacial score (nSPS) is 16.8. The molecule has 2 aromatic rings. The molecule has 11 nitrogen and oxygen atoms in total. The molecular weight excluding hydrogens is 510 g/mol. The van der Waals surface area contributed by atoms with Gasteiger partial charge >= 0.3 is 0 Å². The third-order valence-corrected chi connectivity index (χ3v) is 7.28. The van der Waals surface area contributed by atoms with Crippen molar-refractivity contribution in [2.45, 2.75) is 38.6 Å². The summed E-state index contributed by atoms with van der Waals surface area (Å²) in [6.07, 6.45) is 5.94. The van der Waals surface area contributed by atoms with Gasteiger partial charge in [0, 0.05) is 64.1 Å². The number of carbonyl (C=O) groups excluding carboxylic acids is 2. The lowest BCUT2D eigenvalue weighted by atomic mass is 10.1. The Kier molecular flexibility index (Phi) is 10.3. The van der Waals surface area contributed by atoms with Crippen molar-refractivity contribution in [3.63, 3.8) is 0 Å². The van der Waals surface area contributed by atoms with E-state index >= 15 is 0 Å². The van der Waals surface area contributed by atoms with Gasteiger partial charge in [0.15, 0.2) is 6.29 Å². The monoisotopic (exact) mass is 549 g/mol. The SMILES string of the molecule is COCCNc1cc(NC(O)N(C)c2ccc(CN3CCN(C)CC3=O)c(C=O)n2)ncc1C#CC1CCCC1. The predicted octanol–water partition coefficient (Wildman–Crippen LogP) is 1.99. The van der Waals surface area contributed by atoms with E-state index in [1.807, 2.05) is 18.0 Å². The Balaban J connectivity index is 1.45. The third kappa shape index (κ3) is 7.69. The van der Waals surface area contributed by atoms with Crippen LogP contribution in [0, 0.1) is 17.8 Å². The van der Waals surface area contributed by atoms with Crippen molar-refractivity contribution in [3.05, 3.63) is 41.2 Å². The minimum Gasteiger partial charge on any atom is -0.383 e. The number of aliphatic hydroxyl groups excluding tert-OH is 1. The van der Waals surface area contributed by atoms with Crippen LogP contribution in [0.3, 0.4) is 0 Å². The fourth-order valence-corrected chi connectivity index (χ4v) is 4.80. The molecule has 1 saturated heterocycles. The van der Waals surface area contributed by atoms with Crippen LogP contribution in [0.2, 0.25) is 0 Å². The number of nitrogens with zero attached hydrogens (tertiary/aromatic N) is 5.